The number of nitrogens with one attached hydrogen (secondary N) is 1. The van der Waals surface area contributed by atoms with E-state index >= 15 is 0 Å². The number of aromatic nitrogens is 1. The highest BCUT2D eigenvalue weighted by Crippen LogP contribution is 2.17. The number of benzene rings is 1. The molecule has 2 N–H and O–H groups in total. The molecule has 0 unspecified atom stereocenters. The zero-order chi connectivity index (χ0) is 13.0. The Morgan fingerprint density at radius 2 is 2.11 bits per heavy atom. The lowest BCUT2D eigenvalue weighted by atomic mass is 10.2. The molecular weight excluding hydrogens is 296 g/mol. The molecule has 0 aliphatic rings. The maximum Gasteiger partial charge on any atom is 0.354 e. The summed E-state index contributed by atoms with van der Waals surface area (Å²) in [6.07, 6.45) is 1.48. The van der Waals surface area contributed by atoms with E-state index in [2.05, 4.69) is 26.2 Å². The Kier molecular flexibility index (Phi) is 3.94. The van der Waals surface area contributed by atoms with Gasteiger partial charge in [-0.25, -0.2) is 9.78 Å². The fourth-order valence-corrected chi connectivity index (χ4v) is 1.92. The van der Waals surface area contributed by atoms with Crippen molar-refractivity contribution in [3.8, 4) is 0 Å². The maximum atomic E-state index is 10.8. The van der Waals surface area contributed by atoms with E-state index in [1.807, 2.05) is 24.3 Å². The van der Waals surface area contributed by atoms with Crippen LogP contribution in [0.25, 0.3) is 0 Å². The summed E-state index contributed by atoms with van der Waals surface area (Å²) in [5.74, 6) is -1.03. The van der Waals surface area contributed by atoms with Crippen LogP contribution >= 0.6 is 15.9 Å². The molecule has 0 amide bonds. The van der Waals surface area contributed by atoms with Crippen molar-refractivity contribution in [3.63, 3.8) is 0 Å². The van der Waals surface area contributed by atoms with Gasteiger partial charge in [0.15, 0.2) is 0 Å². The molecular formula is C13H11BrN2O2. The number of carboxylic acids is 1. The fraction of sp³-hybridized carbons (Fsp3) is 0.0769. The molecule has 1 aromatic heterocycles. The number of hydrogen-bond donors (Lipinski definition) is 2. The van der Waals surface area contributed by atoms with Crippen LogP contribution in [0.15, 0.2) is 47.1 Å². The highest BCUT2D eigenvalue weighted by molar-refractivity contribution is 9.10. The van der Waals surface area contributed by atoms with Crippen molar-refractivity contribution in [2.45, 2.75) is 6.54 Å². The third kappa shape index (κ3) is 3.07. The Labute approximate surface area is 113 Å². The van der Waals surface area contributed by atoms with Crippen molar-refractivity contribution < 1.29 is 9.90 Å². The third-order valence-electron chi connectivity index (χ3n) is 2.42. The average Bonchev–Trinajstić information content (AvgIpc) is 2.38. The van der Waals surface area contributed by atoms with Crippen LogP contribution in [0.4, 0.5) is 5.69 Å². The van der Waals surface area contributed by atoms with Gasteiger partial charge in [0.1, 0.15) is 5.69 Å². The highest BCUT2D eigenvalue weighted by atomic mass is 79.9. The first kappa shape index (κ1) is 12.6. The largest absolute Gasteiger partial charge is 0.477 e. The topological polar surface area (TPSA) is 62.2 Å². The van der Waals surface area contributed by atoms with E-state index in [1.165, 1.54) is 12.3 Å². The number of carboxylic acid groups (broad SMARTS) is 1. The Morgan fingerprint density at radius 3 is 2.83 bits per heavy atom. The van der Waals surface area contributed by atoms with E-state index in [1.54, 1.807) is 6.07 Å². The molecule has 0 bridgehead atoms. The highest BCUT2D eigenvalue weighted by Gasteiger charge is 2.05. The van der Waals surface area contributed by atoms with Gasteiger partial charge in [0.05, 0.1) is 0 Å². The van der Waals surface area contributed by atoms with E-state index < -0.39 is 5.97 Å². The van der Waals surface area contributed by atoms with Crippen LogP contribution in [-0.2, 0) is 6.54 Å². The summed E-state index contributed by atoms with van der Waals surface area (Å²) >= 11 is 3.46. The van der Waals surface area contributed by atoms with Crippen LogP contribution in [0.2, 0.25) is 0 Å². The zero-order valence-electron chi connectivity index (χ0n) is 9.43. The van der Waals surface area contributed by atoms with Crippen molar-refractivity contribution in [3.05, 3.63) is 58.3 Å². The molecule has 92 valence electrons. The van der Waals surface area contributed by atoms with Crippen molar-refractivity contribution in [2.24, 2.45) is 0 Å². The summed E-state index contributed by atoms with van der Waals surface area (Å²) in [4.78, 5) is 14.5. The predicted octanol–water partition coefficient (Wildman–Crippen LogP) is 3.15. The molecule has 0 atom stereocenters. The second-order valence-electron chi connectivity index (χ2n) is 3.68. The van der Waals surface area contributed by atoms with Gasteiger partial charge in [-0.3, -0.25) is 0 Å². The monoisotopic (exact) mass is 306 g/mol. The summed E-state index contributed by atoms with van der Waals surface area (Å²) in [6.45, 7) is 0.616. The van der Waals surface area contributed by atoms with Gasteiger partial charge in [-0.1, -0.05) is 34.1 Å². The van der Waals surface area contributed by atoms with E-state index in [4.69, 9.17) is 5.11 Å². The van der Waals surface area contributed by atoms with Gasteiger partial charge in [-0.2, -0.15) is 0 Å². The standard InChI is InChI=1S/C13H11BrN2O2/c14-11-4-2-1-3-9(11)8-16-10-5-6-15-12(7-10)13(17)18/h1-7H,8H2,(H,15,16)(H,17,18). The lowest BCUT2D eigenvalue weighted by molar-refractivity contribution is 0.0690. The molecule has 0 radical (unpaired) electrons. The van der Waals surface area contributed by atoms with Gasteiger partial charge in [0.25, 0.3) is 0 Å². The van der Waals surface area contributed by atoms with Crippen LogP contribution in [0.3, 0.4) is 0 Å². The predicted molar refractivity (Wildman–Crippen MR) is 72.7 cm³/mol. The number of nitrogens with zero attached hydrogens (tertiary/aromatic N) is 1. The fourth-order valence-electron chi connectivity index (χ4n) is 1.50. The Bertz CT molecular complexity index is 572. The van der Waals surface area contributed by atoms with Crippen LogP contribution in [0.5, 0.6) is 0 Å². The molecule has 0 saturated heterocycles. The molecule has 0 aliphatic heterocycles. The number of aromatic carboxylic acids is 1. The van der Waals surface area contributed by atoms with E-state index in [-0.39, 0.29) is 5.69 Å². The molecule has 0 saturated carbocycles. The van der Waals surface area contributed by atoms with E-state index in [0.29, 0.717) is 6.54 Å². The first-order valence-corrected chi connectivity index (χ1v) is 6.13. The molecule has 5 heteroatoms. The van der Waals surface area contributed by atoms with Crippen molar-refractivity contribution in [1.29, 1.82) is 0 Å². The second kappa shape index (κ2) is 5.64. The second-order valence-corrected chi connectivity index (χ2v) is 4.53. The smallest absolute Gasteiger partial charge is 0.354 e. The Morgan fingerprint density at radius 1 is 1.33 bits per heavy atom. The first-order valence-electron chi connectivity index (χ1n) is 5.33. The summed E-state index contributed by atoms with van der Waals surface area (Å²) in [7, 11) is 0. The number of hydrogen-bond acceptors (Lipinski definition) is 3. The van der Waals surface area contributed by atoms with Crippen LogP contribution in [0, 0.1) is 0 Å². The average molecular weight is 307 g/mol. The van der Waals surface area contributed by atoms with Gasteiger partial charge in [-0.05, 0) is 23.8 Å². The molecule has 0 aliphatic carbocycles. The van der Waals surface area contributed by atoms with E-state index in [9.17, 15) is 4.79 Å². The molecule has 0 fully saturated rings. The minimum absolute atomic E-state index is 0.0344. The van der Waals surface area contributed by atoms with Gasteiger partial charge in [0, 0.05) is 22.9 Å². The first-order chi connectivity index (χ1) is 8.66. The zero-order valence-corrected chi connectivity index (χ0v) is 11.0. The number of halogens is 1. The molecule has 1 aromatic carbocycles. The Balaban J connectivity index is 2.09. The van der Waals surface area contributed by atoms with Crippen LogP contribution in [-0.4, -0.2) is 16.1 Å². The number of anilines is 1. The third-order valence-corrected chi connectivity index (χ3v) is 3.19. The van der Waals surface area contributed by atoms with Gasteiger partial charge in [0.2, 0.25) is 0 Å². The lowest BCUT2D eigenvalue weighted by Gasteiger charge is -2.08. The summed E-state index contributed by atoms with van der Waals surface area (Å²) in [5.41, 5.74) is 1.87. The van der Waals surface area contributed by atoms with Crippen molar-refractivity contribution in [2.75, 3.05) is 5.32 Å². The number of carbonyl (C=O) groups is 1. The Hall–Kier alpha value is -1.88. The quantitative estimate of drug-likeness (QED) is 0.911. The SMILES string of the molecule is O=C(O)c1cc(NCc2ccccc2Br)ccn1. The summed E-state index contributed by atoms with van der Waals surface area (Å²) < 4.78 is 1.02. The van der Waals surface area contributed by atoms with Crippen molar-refractivity contribution in [1.82, 2.24) is 4.98 Å². The molecule has 4 nitrogen and oxygen atoms in total. The van der Waals surface area contributed by atoms with Crippen LogP contribution < -0.4 is 5.32 Å². The normalized spacial score (nSPS) is 10.1. The lowest BCUT2D eigenvalue weighted by Crippen LogP contribution is -2.04. The molecule has 2 rings (SSSR count). The maximum absolute atomic E-state index is 10.8. The summed E-state index contributed by atoms with van der Waals surface area (Å²) in [6, 6.07) is 11.1. The van der Waals surface area contributed by atoms with Crippen molar-refractivity contribution >= 4 is 27.6 Å². The molecule has 18 heavy (non-hydrogen) atoms. The van der Waals surface area contributed by atoms with Gasteiger partial charge < -0.3 is 10.4 Å². The van der Waals surface area contributed by atoms with E-state index in [0.717, 1.165) is 15.7 Å². The molecule has 0 spiro atoms. The van der Waals surface area contributed by atoms with Gasteiger partial charge >= 0.3 is 5.97 Å². The molecule has 1 heterocycles. The minimum Gasteiger partial charge on any atom is -0.477 e. The number of pyridine rings is 1. The van der Waals surface area contributed by atoms with Crippen LogP contribution in [0.1, 0.15) is 16.1 Å². The minimum atomic E-state index is -1.03. The number of rotatable bonds is 4. The summed E-state index contributed by atoms with van der Waals surface area (Å²) in [5, 5.41) is 12.0. The van der Waals surface area contributed by atoms with Gasteiger partial charge in [-0.15, -0.1) is 0 Å². The molecule has 2 aromatic rings.